The van der Waals surface area contributed by atoms with E-state index in [1.807, 2.05) is 32.0 Å². The smallest absolute Gasteiger partial charge is 0.120 e. The monoisotopic (exact) mass is 399 g/mol. The third kappa shape index (κ3) is 3.04. The Hall–Kier alpha value is -1.94. The van der Waals surface area contributed by atoms with Gasteiger partial charge in [0.1, 0.15) is 11.5 Å². The molecule has 3 unspecified atom stereocenters. The number of rotatable bonds is 3. The molecule has 3 nitrogen and oxygen atoms in total. The van der Waals surface area contributed by atoms with E-state index in [-0.39, 0.29) is 12.1 Å². The summed E-state index contributed by atoms with van der Waals surface area (Å²) < 4.78 is 6.86. The molecule has 0 saturated carbocycles. The molecule has 1 aliphatic carbocycles. The summed E-state index contributed by atoms with van der Waals surface area (Å²) in [5.41, 5.74) is 3.34. The Labute approximate surface area is 156 Å². The summed E-state index contributed by atoms with van der Waals surface area (Å²) >= 11 is 3.53. The molecule has 130 valence electrons. The van der Waals surface area contributed by atoms with Gasteiger partial charge in [0.05, 0.1) is 12.1 Å². The quantitative estimate of drug-likeness (QED) is 0.643. The van der Waals surface area contributed by atoms with Crippen molar-refractivity contribution in [3.8, 4) is 11.5 Å². The Bertz CT molecular complexity index is 831. The number of benzene rings is 2. The van der Waals surface area contributed by atoms with E-state index in [2.05, 4.69) is 45.5 Å². The van der Waals surface area contributed by atoms with E-state index < -0.39 is 0 Å². The molecule has 0 fully saturated rings. The van der Waals surface area contributed by atoms with Gasteiger partial charge in [0, 0.05) is 21.6 Å². The molecule has 1 heterocycles. The lowest BCUT2D eigenvalue weighted by Crippen LogP contribution is -2.29. The topological polar surface area (TPSA) is 41.5 Å². The van der Waals surface area contributed by atoms with Gasteiger partial charge < -0.3 is 15.2 Å². The maximum absolute atomic E-state index is 10.4. The van der Waals surface area contributed by atoms with Crippen molar-refractivity contribution in [2.24, 2.45) is 5.92 Å². The average molecular weight is 400 g/mol. The zero-order valence-electron chi connectivity index (χ0n) is 14.4. The SMILES string of the molecule is CC(C)Oc1ccc2c(c1)C1C=CCC1C(c1cc(Br)ccc1O)N2. The van der Waals surface area contributed by atoms with Gasteiger partial charge >= 0.3 is 0 Å². The van der Waals surface area contributed by atoms with Crippen molar-refractivity contribution in [2.75, 3.05) is 5.32 Å². The number of halogens is 1. The first-order valence-electron chi connectivity index (χ1n) is 8.75. The molecule has 2 aromatic rings. The summed E-state index contributed by atoms with van der Waals surface area (Å²) in [6, 6.07) is 12.0. The molecule has 2 aromatic carbocycles. The summed E-state index contributed by atoms with van der Waals surface area (Å²) in [4.78, 5) is 0. The van der Waals surface area contributed by atoms with Gasteiger partial charge in [-0.25, -0.2) is 0 Å². The van der Waals surface area contributed by atoms with Crippen molar-refractivity contribution in [3.05, 3.63) is 64.1 Å². The van der Waals surface area contributed by atoms with Gasteiger partial charge in [0.15, 0.2) is 0 Å². The van der Waals surface area contributed by atoms with Gasteiger partial charge in [-0.3, -0.25) is 0 Å². The number of hydrogen-bond donors (Lipinski definition) is 2. The molecule has 0 aromatic heterocycles. The van der Waals surface area contributed by atoms with E-state index in [4.69, 9.17) is 4.74 Å². The van der Waals surface area contributed by atoms with Gasteiger partial charge in [-0.15, -0.1) is 0 Å². The van der Waals surface area contributed by atoms with E-state index >= 15 is 0 Å². The Morgan fingerprint density at radius 2 is 2.00 bits per heavy atom. The molecule has 4 rings (SSSR count). The van der Waals surface area contributed by atoms with Crippen molar-refractivity contribution in [1.29, 1.82) is 0 Å². The molecule has 4 heteroatoms. The highest BCUT2D eigenvalue weighted by atomic mass is 79.9. The van der Waals surface area contributed by atoms with Crippen LogP contribution in [0.3, 0.4) is 0 Å². The number of hydrogen-bond acceptors (Lipinski definition) is 3. The highest BCUT2D eigenvalue weighted by Gasteiger charge is 2.39. The van der Waals surface area contributed by atoms with Crippen molar-refractivity contribution in [3.63, 3.8) is 0 Å². The number of nitrogens with one attached hydrogen (secondary N) is 1. The number of phenols is 1. The van der Waals surface area contributed by atoms with Crippen LogP contribution in [-0.4, -0.2) is 11.2 Å². The fourth-order valence-electron chi connectivity index (χ4n) is 4.00. The average Bonchev–Trinajstić information content (AvgIpc) is 3.06. The van der Waals surface area contributed by atoms with Gasteiger partial charge in [-0.1, -0.05) is 28.1 Å². The second-order valence-corrected chi connectivity index (χ2v) is 8.01. The van der Waals surface area contributed by atoms with E-state index in [0.717, 1.165) is 27.9 Å². The minimum absolute atomic E-state index is 0.0851. The number of fused-ring (bicyclic) bond motifs is 3. The largest absolute Gasteiger partial charge is 0.508 e. The van der Waals surface area contributed by atoms with Crippen LogP contribution in [0.1, 0.15) is 43.4 Å². The Morgan fingerprint density at radius 3 is 2.80 bits per heavy atom. The highest BCUT2D eigenvalue weighted by Crippen LogP contribution is 2.51. The van der Waals surface area contributed by atoms with Crippen LogP contribution in [0.4, 0.5) is 5.69 Å². The first-order valence-corrected chi connectivity index (χ1v) is 9.54. The number of aromatic hydroxyl groups is 1. The van der Waals surface area contributed by atoms with Crippen LogP contribution in [0.5, 0.6) is 11.5 Å². The first kappa shape index (κ1) is 16.5. The zero-order valence-corrected chi connectivity index (χ0v) is 16.0. The molecular formula is C21H22BrNO2. The third-order valence-electron chi connectivity index (χ3n) is 5.03. The fourth-order valence-corrected chi connectivity index (χ4v) is 4.38. The molecular weight excluding hydrogens is 378 g/mol. The van der Waals surface area contributed by atoms with Gasteiger partial charge in [0.25, 0.3) is 0 Å². The van der Waals surface area contributed by atoms with Crippen LogP contribution in [-0.2, 0) is 0 Å². The summed E-state index contributed by atoms with van der Waals surface area (Å²) in [6.07, 6.45) is 5.72. The number of allylic oxidation sites excluding steroid dienone is 2. The lowest BCUT2D eigenvalue weighted by molar-refractivity contribution is 0.242. The fraction of sp³-hybridized carbons (Fsp3) is 0.333. The molecule has 1 aliphatic heterocycles. The van der Waals surface area contributed by atoms with Crippen molar-refractivity contribution in [2.45, 2.75) is 38.3 Å². The molecule has 0 radical (unpaired) electrons. The van der Waals surface area contributed by atoms with Gasteiger partial charge in [-0.2, -0.15) is 0 Å². The Balaban J connectivity index is 1.75. The van der Waals surface area contributed by atoms with Crippen molar-refractivity contribution >= 4 is 21.6 Å². The minimum Gasteiger partial charge on any atom is -0.508 e. The number of ether oxygens (including phenoxy) is 1. The Kier molecular flexibility index (Phi) is 4.24. The number of anilines is 1. The van der Waals surface area contributed by atoms with Crippen LogP contribution >= 0.6 is 15.9 Å². The minimum atomic E-state index is 0.0851. The van der Waals surface area contributed by atoms with Crippen LogP contribution < -0.4 is 10.1 Å². The van der Waals surface area contributed by atoms with Crippen LogP contribution in [0.15, 0.2) is 53.0 Å². The maximum atomic E-state index is 10.4. The standard InChI is InChI=1S/C21H22BrNO2/c1-12(2)25-14-7-8-19-17(11-14)15-4-3-5-16(15)21(23-19)18-10-13(22)6-9-20(18)24/h3-4,6-12,15-16,21,23-24H,5H2,1-2H3. The van der Waals surface area contributed by atoms with Gasteiger partial charge in [-0.05, 0) is 68.1 Å². The van der Waals surface area contributed by atoms with E-state index in [0.29, 0.717) is 17.6 Å². The summed E-state index contributed by atoms with van der Waals surface area (Å²) in [6.45, 7) is 4.09. The van der Waals surface area contributed by atoms with Gasteiger partial charge in [0.2, 0.25) is 0 Å². The second-order valence-electron chi connectivity index (χ2n) is 7.09. The molecule has 2 aliphatic rings. The molecule has 0 amide bonds. The highest BCUT2D eigenvalue weighted by molar-refractivity contribution is 9.10. The van der Waals surface area contributed by atoms with Crippen LogP contribution in [0, 0.1) is 5.92 Å². The predicted molar refractivity (Wildman–Crippen MR) is 104 cm³/mol. The van der Waals surface area contributed by atoms with Crippen LogP contribution in [0.2, 0.25) is 0 Å². The van der Waals surface area contributed by atoms with E-state index in [9.17, 15) is 5.11 Å². The van der Waals surface area contributed by atoms with E-state index in [1.54, 1.807) is 6.07 Å². The normalized spacial score (nSPS) is 23.9. The van der Waals surface area contributed by atoms with Crippen molar-refractivity contribution in [1.82, 2.24) is 0 Å². The van der Waals surface area contributed by atoms with Crippen LogP contribution in [0.25, 0.3) is 0 Å². The van der Waals surface area contributed by atoms with Crippen molar-refractivity contribution < 1.29 is 9.84 Å². The first-order chi connectivity index (χ1) is 12.0. The predicted octanol–water partition coefficient (Wildman–Crippen LogP) is 5.77. The second kappa shape index (κ2) is 6.41. The molecule has 0 spiro atoms. The molecule has 25 heavy (non-hydrogen) atoms. The lowest BCUT2D eigenvalue weighted by Gasteiger charge is -2.38. The molecule has 3 atom stereocenters. The zero-order chi connectivity index (χ0) is 17.6. The maximum Gasteiger partial charge on any atom is 0.120 e. The molecule has 2 N–H and O–H groups in total. The third-order valence-corrected chi connectivity index (χ3v) is 5.52. The summed E-state index contributed by atoms with van der Waals surface area (Å²) in [7, 11) is 0. The van der Waals surface area contributed by atoms with E-state index in [1.165, 1.54) is 5.56 Å². The lowest BCUT2D eigenvalue weighted by atomic mass is 9.77. The summed E-state index contributed by atoms with van der Waals surface area (Å²) in [5.74, 6) is 1.99. The molecule has 0 bridgehead atoms. The Morgan fingerprint density at radius 1 is 1.16 bits per heavy atom. The number of phenolic OH excluding ortho intramolecular Hbond substituents is 1. The molecule has 0 saturated heterocycles. The summed E-state index contributed by atoms with van der Waals surface area (Å²) in [5, 5.41) is 14.1.